The third-order valence-electron chi connectivity index (χ3n) is 3.50. The largest absolute Gasteiger partial charge is 0.343 e. The van der Waals surface area contributed by atoms with Gasteiger partial charge < -0.3 is 4.90 Å². The number of fused-ring (bicyclic) bond motifs is 1. The van der Waals surface area contributed by atoms with Crippen LogP contribution < -0.4 is 0 Å². The summed E-state index contributed by atoms with van der Waals surface area (Å²) in [6, 6.07) is 0.463. The predicted molar refractivity (Wildman–Crippen MR) is 75.4 cm³/mol. The quantitative estimate of drug-likeness (QED) is 0.832. The fraction of sp³-hybridized carbons (Fsp3) is 0.692. The molecule has 1 aliphatic heterocycles. The number of hydrogen-bond donors (Lipinski definition) is 0. The average Bonchev–Trinajstić information content (AvgIpc) is 2.54. The van der Waals surface area contributed by atoms with Crippen LogP contribution in [0.2, 0.25) is 5.02 Å². The highest BCUT2D eigenvalue weighted by Gasteiger charge is 2.26. The zero-order valence-electron chi connectivity index (χ0n) is 12.0. The van der Waals surface area contributed by atoms with Crippen molar-refractivity contribution in [2.75, 3.05) is 20.6 Å². The molecular weight excluding hydrogens is 264 g/mol. The van der Waals surface area contributed by atoms with E-state index in [1.165, 1.54) is 4.90 Å². The summed E-state index contributed by atoms with van der Waals surface area (Å²) in [7, 11) is 3.42. The van der Waals surface area contributed by atoms with E-state index in [-0.39, 0.29) is 5.91 Å². The summed E-state index contributed by atoms with van der Waals surface area (Å²) in [4.78, 5) is 15.9. The second-order valence-electron chi connectivity index (χ2n) is 5.45. The number of aryl methyl sites for hydroxylation is 1. The molecule has 0 bridgehead atoms. The minimum Gasteiger partial charge on any atom is -0.343 e. The highest BCUT2D eigenvalue weighted by atomic mass is 35.5. The highest BCUT2D eigenvalue weighted by molar-refractivity contribution is 6.34. The number of rotatable bonds is 2. The molecule has 2 heterocycles. The van der Waals surface area contributed by atoms with Gasteiger partial charge in [-0.3, -0.25) is 14.4 Å². The molecule has 19 heavy (non-hydrogen) atoms. The van der Waals surface area contributed by atoms with Crippen molar-refractivity contribution in [1.82, 2.24) is 19.6 Å². The van der Waals surface area contributed by atoms with Crippen LogP contribution in [-0.2, 0) is 13.1 Å². The Morgan fingerprint density at radius 1 is 1.37 bits per heavy atom. The Labute approximate surface area is 119 Å². The zero-order chi connectivity index (χ0) is 14.2. The van der Waals surface area contributed by atoms with Crippen molar-refractivity contribution in [2.45, 2.75) is 39.4 Å². The van der Waals surface area contributed by atoms with E-state index < -0.39 is 0 Å². The lowest BCUT2D eigenvalue weighted by atomic mass is 10.2. The predicted octanol–water partition coefficient (Wildman–Crippen LogP) is 1.85. The van der Waals surface area contributed by atoms with Gasteiger partial charge in [-0.15, -0.1) is 0 Å². The van der Waals surface area contributed by atoms with Crippen LogP contribution in [0.25, 0.3) is 0 Å². The van der Waals surface area contributed by atoms with E-state index in [0.29, 0.717) is 16.8 Å². The molecule has 0 atom stereocenters. The Morgan fingerprint density at radius 2 is 2.05 bits per heavy atom. The number of aromatic nitrogens is 2. The van der Waals surface area contributed by atoms with Gasteiger partial charge in [-0.2, -0.15) is 5.10 Å². The maximum Gasteiger partial charge on any atom is 0.275 e. The van der Waals surface area contributed by atoms with Crippen LogP contribution in [0.4, 0.5) is 0 Å². The molecule has 0 fully saturated rings. The minimum atomic E-state index is -0.137. The molecule has 0 saturated heterocycles. The lowest BCUT2D eigenvalue weighted by Gasteiger charge is -2.23. The summed E-state index contributed by atoms with van der Waals surface area (Å²) in [6.07, 6.45) is 1.03. The van der Waals surface area contributed by atoms with Gasteiger partial charge in [0.15, 0.2) is 5.69 Å². The Morgan fingerprint density at radius 3 is 2.63 bits per heavy atom. The second kappa shape index (κ2) is 5.51. The molecule has 0 spiro atoms. The van der Waals surface area contributed by atoms with Gasteiger partial charge in [-0.1, -0.05) is 11.6 Å². The summed E-state index contributed by atoms with van der Waals surface area (Å²) in [5.74, 6) is -0.137. The third-order valence-corrected chi connectivity index (χ3v) is 3.90. The molecule has 106 valence electrons. The number of carbonyl (C=O) groups excluding carboxylic acids is 1. The molecule has 0 aliphatic carbocycles. The van der Waals surface area contributed by atoms with Gasteiger partial charge in [0.2, 0.25) is 0 Å². The van der Waals surface area contributed by atoms with Crippen molar-refractivity contribution in [3.63, 3.8) is 0 Å². The molecule has 5 nitrogen and oxygen atoms in total. The number of carbonyl (C=O) groups is 1. The first-order chi connectivity index (χ1) is 8.91. The normalized spacial score (nSPS) is 16.3. The summed E-state index contributed by atoms with van der Waals surface area (Å²) < 4.78 is 1.89. The van der Waals surface area contributed by atoms with E-state index in [9.17, 15) is 4.79 Å². The van der Waals surface area contributed by atoms with Crippen LogP contribution >= 0.6 is 11.6 Å². The third kappa shape index (κ3) is 2.77. The molecule has 0 unspecified atom stereocenters. The van der Waals surface area contributed by atoms with Crippen LogP contribution in [0.1, 0.15) is 36.5 Å². The summed E-state index contributed by atoms with van der Waals surface area (Å²) in [6.45, 7) is 6.95. The molecule has 1 aromatic heterocycles. The topological polar surface area (TPSA) is 41.4 Å². The van der Waals surface area contributed by atoms with Crippen LogP contribution in [0.15, 0.2) is 0 Å². The molecular formula is C13H21ClN4O. The molecule has 1 aromatic rings. The molecule has 0 saturated carbocycles. The van der Waals surface area contributed by atoms with Crippen LogP contribution in [-0.4, -0.2) is 52.2 Å². The smallest absolute Gasteiger partial charge is 0.275 e. The fourth-order valence-corrected chi connectivity index (χ4v) is 2.57. The van der Waals surface area contributed by atoms with Gasteiger partial charge in [0.05, 0.1) is 10.7 Å². The molecule has 2 rings (SSSR count). The van der Waals surface area contributed by atoms with Gasteiger partial charge in [0.1, 0.15) is 0 Å². The minimum absolute atomic E-state index is 0.137. The van der Waals surface area contributed by atoms with Gasteiger partial charge >= 0.3 is 0 Å². The summed E-state index contributed by atoms with van der Waals surface area (Å²) in [5.41, 5.74) is 1.32. The van der Waals surface area contributed by atoms with E-state index in [1.807, 2.05) is 4.68 Å². The fourth-order valence-electron chi connectivity index (χ4n) is 2.30. The first kappa shape index (κ1) is 14.3. The van der Waals surface area contributed by atoms with Crippen molar-refractivity contribution in [3.8, 4) is 0 Å². The van der Waals surface area contributed by atoms with Crippen molar-refractivity contribution in [2.24, 2.45) is 0 Å². The van der Waals surface area contributed by atoms with Crippen LogP contribution in [0, 0.1) is 0 Å². The average molecular weight is 285 g/mol. The maximum absolute atomic E-state index is 12.0. The Bertz CT molecular complexity index is 481. The van der Waals surface area contributed by atoms with Crippen LogP contribution in [0.5, 0.6) is 0 Å². The second-order valence-corrected chi connectivity index (χ2v) is 5.83. The molecule has 0 radical (unpaired) electrons. The molecule has 0 N–H and O–H groups in total. The lowest BCUT2D eigenvalue weighted by molar-refractivity contribution is 0.0821. The van der Waals surface area contributed by atoms with E-state index in [4.69, 9.17) is 11.6 Å². The van der Waals surface area contributed by atoms with E-state index >= 15 is 0 Å². The lowest BCUT2D eigenvalue weighted by Crippen LogP contribution is -2.30. The highest BCUT2D eigenvalue weighted by Crippen LogP contribution is 2.26. The van der Waals surface area contributed by atoms with Crippen LogP contribution in [0.3, 0.4) is 0 Å². The van der Waals surface area contributed by atoms with Gasteiger partial charge in [0, 0.05) is 39.8 Å². The summed E-state index contributed by atoms with van der Waals surface area (Å²) >= 11 is 6.37. The molecule has 6 heteroatoms. The number of hydrogen-bond acceptors (Lipinski definition) is 3. The van der Waals surface area contributed by atoms with E-state index in [0.717, 1.165) is 31.7 Å². The van der Waals surface area contributed by atoms with E-state index in [2.05, 4.69) is 23.8 Å². The van der Waals surface area contributed by atoms with Crippen molar-refractivity contribution < 1.29 is 4.79 Å². The monoisotopic (exact) mass is 284 g/mol. The standard InChI is InChI=1S/C13H21ClN4O/c1-9(2)17-6-5-7-18-10(8-17)11(14)12(15-18)13(19)16(3)4/h9H,5-8H2,1-4H3. The SMILES string of the molecule is CC(C)N1CCCn2nc(C(=O)N(C)C)c(Cl)c2C1. The molecule has 1 amide bonds. The Balaban J connectivity index is 2.36. The Hall–Kier alpha value is -1.07. The van der Waals surface area contributed by atoms with Crippen molar-refractivity contribution in [3.05, 3.63) is 16.4 Å². The zero-order valence-corrected chi connectivity index (χ0v) is 12.7. The summed E-state index contributed by atoms with van der Waals surface area (Å²) in [5, 5.41) is 4.90. The number of amides is 1. The van der Waals surface area contributed by atoms with Gasteiger partial charge in [-0.25, -0.2) is 0 Å². The van der Waals surface area contributed by atoms with E-state index in [1.54, 1.807) is 14.1 Å². The first-order valence-corrected chi connectivity index (χ1v) is 7.00. The molecule has 1 aliphatic rings. The number of nitrogens with zero attached hydrogens (tertiary/aromatic N) is 4. The maximum atomic E-state index is 12.0. The van der Waals surface area contributed by atoms with Crippen molar-refractivity contribution >= 4 is 17.5 Å². The van der Waals surface area contributed by atoms with Gasteiger partial charge in [-0.05, 0) is 20.3 Å². The molecule has 0 aromatic carbocycles. The number of halogens is 1. The van der Waals surface area contributed by atoms with Gasteiger partial charge in [0.25, 0.3) is 5.91 Å². The first-order valence-electron chi connectivity index (χ1n) is 6.62. The Kier molecular flexibility index (Phi) is 4.16. The van der Waals surface area contributed by atoms with Crippen molar-refractivity contribution in [1.29, 1.82) is 0 Å².